The molecule has 1 aromatic carbocycles. The molecule has 0 aliphatic heterocycles. The van der Waals surface area contributed by atoms with E-state index >= 15 is 0 Å². The molecule has 2 N–H and O–H groups in total. The summed E-state index contributed by atoms with van der Waals surface area (Å²) in [5.41, 5.74) is 0.712. The predicted octanol–water partition coefficient (Wildman–Crippen LogP) is 2.46. The molecule has 2 rings (SSSR count). The number of rotatable bonds is 4. The smallest absolute Gasteiger partial charge is 0.337 e. The lowest BCUT2D eigenvalue weighted by atomic mass is 10.2. The van der Waals surface area contributed by atoms with Crippen LogP contribution in [0.15, 0.2) is 40.8 Å². The molecule has 5 nitrogen and oxygen atoms in total. The van der Waals surface area contributed by atoms with Crippen molar-refractivity contribution in [1.82, 2.24) is 0 Å². The van der Waals surface area contributed by atoms with Crippen molar-refractivity contribution < 1.29 is 14.3 Å². The van der Waals surface area contributed by atoms with E-state index in [0.29, 0.717) is 18.0 Å². The van der Waals surface area contributed by atoms with Gasteiger partial charge in [-0.2, -0.15) is 5.26 Å². The highest BCUT2D eigenvalue weighted by Crippen LogP contribution is 2.16. The van der Waals surface area contributed by atoms with Gasteiger partial charge in [0, 0.05) is 5.69 Å². The second-order valence-electron chi connectivity index (χ2n) is 3.58. The van der Waals surface area contributed by atoms with E-state index in [9.17, 15) is 4.79 Å². The zero-order valence-electron chi connectivity index (χ0n) is 9.38. The lowest BCUT2D eigenvalue weighted by Crippen LogP contribution is -2.05. The molecule has 0 fully saturated rings. The molecule has 1 aromatic heterocycles. The number of hydrogen-bond acceptors (Lipinski definition) is 4. The number of carbonyl (C=O) groups is 1. The first-order valence-electron chi connectivity index (χ1n) is 5.25. The van der Waals surface area contributed by atoms with Crippen molar-refractivity contribution in [1.29, 1.82) is 5.26 Å². The number of nitrogens with zero attached hydrogens (tertiary/aromatic N) is 1. The molecular weight excluding hydrogens is 232 g/mol. The molecular formula is C13H10N2O3. The molecule has 90 valence electrons. The summed E-state index contributed by atoms with van der Waals surface area (Å²) in [6, 6.07) is 11.7. The molecule has 0 amide bonds. The number of carboxylic acid groups (broad SMARTS) is 1. The van der Waals surface area contributed by atoms with Gasteiger partial charge in [-0.15, -0.1) is 0 Å². The third-order valence-corrected chi connectivity index (χ3v) is 2.38. The summed E-state index contributed by atoms with van der Waals surface area (Å²) in [5, 5.41) is 20.6. The summed E-state index contributed by atoms with van der Waals surface area (Å²) in [6.07, 6.45) is 0. The van der Waals surface area contributed by atoms with Crippen LogP contribution in [0, 0.1) is 11.3 Å². The SMILES string of the molecule is N#Cc1ccc(CNc2ccccc2C(=O)O)o1. The molecule has 0 saturated heterocycles. The van der Waals surface area contributed by atoms with Crippen molar-refractivity contribution in [2.24, 2.45) is 0 Å². The summed E-state index contributed by atoms with van der Waals surface area (Å²) < 4.78 is 5.18. The van der Waals surface area contributed by atoms with Gasteiger partial charge in [0.1, 0.15) is 11.8 Å². The van der Waals surface area contributed by atoms with E-state index in [1.807, 2.05) is 6.07 Å². The summed E-state index contributed by atoms with van der Waals surface area (Å²) in [5.74, 6) is -0.180. The number of benzene rings is 1. The van der Waals surface area contributed by atoms with Gasteiger partial charge in [-0.25, -0.2) is 4.79 Å². The second-order valence-corrected chi connectivity index (χ2v) is 3.58. The summed E-state index contributed by atoms with van der Waals surface area (Å²) in [4.78, 5) is 11.0. The first kappa shape index (κ1) is 11.7. The third-order valence-electron chi connectivity index (χ3n) is 2.38. The van der Waals surface area contributed by atoms with Gasteiger partial charge in [-0.1, -0.05) is 12.1 Å². The summed E-state index contributed by atoms with van der Waals surface area (Å²) in [6.45, 7) is 0.325. The van der Waals surface area contributed by atoms with E-state index in [1.54, 1.807) is 30.3 Å². The van der Waals surface area contributed by atoms with Crippen LogP contribution in [0.3, 0.4) is 0 Å². The van der Waals surface area contributed by atoms with Gasteiger partial charge in [-0.3, -0.25) is 0 Å². The first-order chi connectivity index (χ1) is 8.70. The fraction of sp³-hybridized carbons (Fsp3) is 0.0769. The molecule has 5 heteroatoms. The van der Waals surface area contributed by atoms with Crippen LogP contribution in [0.1, 0.15) is 21.9 Å². The van der Waals surface area contributed by atoms with Crippen LogP contribution in [0.25, 0.3) is 0 Å². The largest absolute Gasteiger partial charge is 0.478 e. The molecule has 1 heterocycles. The summed E-state index contributed by atoms with van der Waals surface area (Å²) in [7, 11) is 0. The van der Waals surface area contributed by atoms with E-state index in [-0.39, 0.29) is 11.3 Å². The van der Waals surface area contributed by atoms with Crippen LogP contribution in [0.2, 0.25) is 0 Å². The molecule has 0 radical (unpaired) electrons. The van der Waals surface area contributed by atoms with Crippen LogP contribution in [0.5, 0.6) is 0 Å². The normalized spacial score (nSPS) is 9.72. The quantitative estimate of drug-likeness (QED) is 0.860. The van der Waals surface area contributed by atoms with Crippen molar-refractivity contribution in [3.63, 3.8) is 0 Å². The molecule has 18 heavy (non-hydrogen) atoms. The first-order valence-corrected chi connectivity index (χ1v) is 5.25. The Bertz CT molecular complexity index is 611. The number of aromatic carboxylic acids is 1. The number of nitriles is 1. The number of furan rings is 1. The van der Waals surface area contributed by atoms with Crippen LogP contribution in [-0.4, -0.2) is 11.1 Å². The Balaban J connectivity index is 2.11. The molecule has 0 spiro atoms. The van der Waals surface area contributed by atoms with Gasteiger partial charge in [0.15, 0.2) is 0 Å². The van der Waals surface area contributed by atoms with Crippen LogP contribution in [-0.2, 0) is 6.54 Å². The average molecular weight is 242 g/mol. The Labute approximate surface area is 103 Å². The molecule has 0 atom stereocenters. The topological polar surface area (TPSA) is 86.3 Å². The second kappa shape index (κ2) is 5.06. The maximum atomic E-state index is 11.0. The van der Waals surface area contributed by atoms with Crippen LogP contribution >= 0.6 is 0 Å². The minimum atomic E-state index is -0.991. The highest BCUT2D eigenvalue weighted by atomic mass is 16.4. The maximum absolute atomic E-state index is 11.0. The molecule has 2 aromatic rings. The van der Waals surface area contributed by atoms with Gasteiger partial charge in [0.25, 0.3) is 0 Å². The van der Waals surface area contributed by atoms with Crippen molar-refractivity contribution in [3.8, 4) is 6.07 Å². The zero-order chi connectivity index (χ0) is 13.0. The fourth-order valence-electron chi connectivity index (χ4n) is 1.54. The van der Waals surface area contributed by atoms with Crippen molar-refractivity contribution in [3.05, 3.63) is 53.5 Å². The number of para-hydroxylation sites is 1. The molecule has 0 saturated carbocycles. The van der Waals surface area contributed by atoms with Gasteiger partial charge < -0.3 is 14.8 Å². The monoisotopic (exact) mass is 242 g/mol. The van der Waals surface area contributed by atoms with Gasteiger partial charge in [-0.05, 0) is 24.3 Å². The van der Waals surface area contributed by atoms with Gasteiger partial charge in [0.2, 0.25) is 5.76 Å². The van der Waals surface area contributed by atoms with Crippen molar-refractivity contribution >= 4 is 11.7 Å². The highest BCUT2D eigenvalue weighted by molar-refractivity contribution is 5.94. The Morgan fingerprint density at radius 1 is 1.33 bits per heavy atom. The lowest BCUT2D eigenvalue weighted by molar-refractivity contribution is 0.0698. The lowest BCUT2D eigenvalue weighted by Gasteiger charge is -2.07. The molecule has 0 aliphatic carbocycles. The third kappa shape index (κ3) is 2.50. The van der Waals surface area contributed by atoms with Gasteiger partial charge in [0.05, 0.1) is 12.1 Å². The maximum Gasteiger partial charge on any atom is 0.337 e. The van der Waals surface area contributed by atoms with E-state index in [1.165, 1.54) is 6.07 Å². The number of nitrogens with one attached hydrogen (secondary N) is 1. The van der Waals surface area contributed by atoms with Crippen LogP contribution < -0.4 is 5.32 Å². The average Bonchev–Trinajstić information content (AvgIpc) is 2.84. The molecule has 0 aliphatic rings. The van der Waals surface area contributed by atoms with Crippen LogP contribution in [0.4, 0.5) is 5.69 Å². The number of hydrogen-bond donors (Lipinski definition) is 2. The van der Waals surface area contributed by atoms with E-state index in [4.69, 9.17) is 14.8 Å². The molecule has 0 unspecified atom stereocenters. The summed E-state index contributed by atoms with van der Waals surface area (Å²) >= 11 is 0. The Morgan fingerprint density at radius 2 is 2.11 bits per heavy atom. The standard InChI is InChI=1S/C13H10N2O3/c14-7-9-5-6-10(18-9)8-15-12-4-2-1-3-11(12)13(16)17/h1-6,15H,8H2,(H,16,17). The van der Waals surface area contributed by atoms with E-state index in [2.05, 4.69) is 5.32 Å². The predicted molar refractivity (Wildman–Crippen MR) is 64.2 cm³/mol. The van der Waals surface area contributed by atoms with Crippen molar-refractivity contribution in [2.75, 3.05) is 5.32 Å². The van der Waals surface area contributed by atoms with Gasteiger partial charge >= 0.3 is 5.97 Å². The van der Waals surface area contributed by atoms with Crippen molar-refractivity contribution in [2.45, 2.75) is 6.54 Å². The fourth-order valence-corrected chi connectivity index (χ4v) is 1.54. The zero-order valence-corrected chi connectivity index (χ0v) is 9.38. The number of carboxylic acids is 1. The Kier molecular flexibility index (Phi) is 3.30. The number of anilines is 1. The van der Waals surface area contributed by atoms with E-state index in [0.717, 1.165) is 0 Å². The molecule has 0 bridgehead atoms. The minimum Gasteiger partial charge on any atom is -0.478 e. The highest BCUT2D eigenvalue weighted by Gasteiger charge is 2.09. The Morgan fingerprint density at radius 3 is 2.78 bits per heavy atom. The minimum absolute atomic E-state index is 0.199. The van der Waals surface area contributed by atoms with E-state index < -0.39 is 5.97 Å². The Hall–Kier alpha value is -2.74.